The van der Waals surface area contributed by atoms with Gasteiger partial charge < -0.3 is 0 Å². The number of thiophene rings is 2. The van der Waals surface area contributed by atoms with Crippen LogP contribution in [0.3, 0.4) is 0 Å². The zero-order valence-electron chi connectivity index (χ0n) is 16.8. The maximum absolute atomic E-state index is 13.5. The van der Waals surface area contributed by atoms with Crippen molar-refractivity contribution in [2.45, 2.75) is 52.4 Å². The lowest BCUT2D eigenvalue weighted by molar-refractivity contribution is 0.00141. The monoisotopic (exact) mass is 410 g/mol. The smallest absolute Gasteiger partial charge is 0.168 e. The molecule has 0 amide bonds. The molecule has 0 radical (unpaired) electrons. The Balaban J connectivity index is 1.43. The lowest BCUT2D eigenvalue weighted by Crippen LogP contribution is -2.48. The molecule has 2 nitrogen and oxygen atoms in total. The number of rotatable bonds is 0. The van der Waals surface area contributed by atoms with Crippen LogP contribution in [0.15, 0.2) is 12.1 Å². The standard InChI is InChI=1S/C24H26O2S2/c1-9-5-13-14(19-17(9)23-15(21(19)25)7-11(3)27-23)6-10(2)18-20(13)22(26)16-8-12(4)28-24(16)18/h7-10,13-14,17-20H,5-6H2,1-4H3. The molecule has 4 aliphatic carbocycles. The van der Waals surface area contributed by atoms with Crippen molar-refractivity contribution >= 4 is 34.2 Å². The number of hydrogen-bond donors (Lipinski definition) is 0. The SMILES string of the molecule is Cc1cc2c(s1)C1C(C)CC3C(CC(C)C4c5sc(C)cc5C(=O)C34)C1C2=O. The predicted octanol–water partition coefficient (Wildman–Crippen LogP) is 6.23. The highest BCUT2D eigenvalue weighted by atomic mass is 32.1. The highest BCUT2D eigenvalue weighted by Gasteiger charge is 2.61. The van der Waals surface area contributed by atoms with Crippen LogP contribution in [0.25, 0.3) is 0 Å². The van der Waals surface area contributed by atoms with Crippen LogP contribution >= 0.6 is 22.7 Å². The van der Waals surface area contributed by atoms with Crippen molar-refractivity contribution in [2.24, 2.45) is 35.5 Å². The number of ketones is 2. The summed E-state index contributed by atoms with van der Waals surface area (Å²) in [6, 6.07) is 4.25. The van der Waals surface area contributed by atoms with E-state index in [4.69, 9.17) is 0 Å². The van der Waals surface area contributed by atoms with Crippen molar-refractivity contribution in [1.29, 1.82) is 0 Å². The molecule has 2 aromatic rings. The lowest BCUT2D eigenvalue weighted by Gasteiger charge is -2.51. The van der Waals surface area contributed by atoms with Gasteiger partial charge in [-0.25, -0.2) is 0 Å². The van der Waals surface area contributed by atoms with E-state index in [0.717, 1.165) is 24.0 Å². The normalized spacial score (nSPS) is 40.7. The molecular formula is C24H26O2S2. The number of aryl methyl sites for hydroxylation is 2. The van der Waals surface area contributed by atoms with E-state index in [0.29, 0.717) is 47.1 Å². The summed E-state index contributed by atoms with van der Waals surface area (Å²) < 4.78 is 0. The van der Waals surface area contributed by atoms with Gasteiger partial charge in [-0.15, -0.1) is 22.7 Å². The molecule has 0 aromatic carbocycles. The number of Topliss-reactive ketones (excluding diaryl/α,β-unsaturated/α-hetero) is 2. The Morgan fingerprint density at radius 1 is 0.714 bits per heavy atom. The highest BCUT2D eigenvalue weighted by molar-refractivity contribution is 7.12. The van der Waals surface area contributed by atoms with E-state index in [9.17, 15) is 9.59 Å². The van der Waals surface area contributed by atoms with Crippen LogP contribution in [0, 0.1) is 49.4 Å². The minimum absolute atomic E-state index is 0.118. The number of hydrogen-bond acceptors (Lipinski definition) is 4. The molecule has 0 bridgehead atoms. The zero-order chi connectivity index (χ0) is 19.5. The Bertz CT molecular complexity index is 945. The van der Waals surface area contributed by atoms with Gasteiger partial charge in [0.25, 0.3) is 0 Å². The van der Waals surface area contributed by atoms with E-state index in [1.165, 1.54) is 19.5 Å². The fraction of sp³-hybridized carbons (Fsp3) is 0.583. The summed E-state index contributed by atoms with van der Waals surface area (Å²) in [5.41, 5.74) is 2.01. The highest BCUT2D eigenvalue weighted by Crippen LogP contribution is 2.65. The molecule has 0 N–H and O–H groups in total. The van der Waals surface area contributed by atoms with E-state index < -0.39 is 0 Å². The van der Waals surface area contributed by atoms with Crippen molar-refractivity contribution in [2.75, 3.05) is 0 Å². The van der Waals surface area contributed by atoms with Gasteiger partial charge in [-0.05, 0) is 62.5 Å². The first kappa shape index (κ1) is 17.6. The van der Waals surface area contributed by atoms with Gasteiger partial charge >= 0.3 is 0 Å². The van der Waals surface area contributed by atoms with Gasteiger partial charge in [-0.2, -0.15) is 0 Å². The third-order valence-electron chi connectivity index (χ3n) is 8.27. The van der Waals surface area contributed by atoms with Crippen LogP contribution in [-0.4, -0.2) is 11.6 Å². The zero-order valence-corrected chi connectivity index (χ0v) is 18.5. The molecule has 2 fully saturated rings. The third-order valence-corrected chi connectivity index (χ3v) is 10.6. The number of fused-ring (bicyclic) bond motifs is 9. The van der Waals surface area contributed by atoms with Crippen LogP contribution in [0.1, 0.15) is 78.7 Å². The van der Waals surface area contributed by atoms with Crippen molar-refractivity contribution < 1.29 is 9.59 Å². The largest absolute Gasteiger partial charge is 0.294 e. The Hall–Kier alpha value is -1.26. The van der Waals surface area contributed by atoms with Crippen molar-refractivity contribution in [3.8, 4) is 0 Å². The topological polar surface area (TPSA) is 34.1 Å². The summed E-state index contributed by atoms with van der Waals surface area (Å²) in [6.07, 6.45) is 2.20. The molecule has 2 heterocycles. The molecular weight excluding hydrogens is 384 g/mol. The van der Waals surface area contributed by atoms with E-state index in [2.05, 4.69) is 39.8 Å². The summed E-state index contributed by atoms with van der Waals surface area (Å²) in [7, 11) is 0. The van der Waals surface area contributed by atoms with E-state index in [1.54, 1.807) is 0 Å². The average Bonchev–Trinajstić information content (AvgIpc) is 3.33. The van der Waals surface area contributed by atoms with Gasteiger partial charge in [0, 0.05) is 54.3 Å². The quantitative estimate of drug-likeness (QED) is 0.516. The van der Waals surface area contributed by atoms with Gasteiger partial charge in [0.05, 0.1) is 0 Å². The molecule has 2 aromatic heterocycles. The maximum Gasteiger partial charge on any atom is 0.168 e. The van der Waals surface area contributed by atoms with Crippen molar-refractivity contribution in [3.05, 3.63) is 42.8 Å². The van der Waals surface area contributed by atoms with Crippen molar-refractivity contribution in [1.82, 2.24) is 0 Å². The number of carbonyl (C=O) groups is 2. The molecule has 4 heteroatoms. The Labute approximate surface area is 174 Å². The molecule has 8 atom stereocenters. The molecule has 28 heavy (non-hydrogen) atoms. The molecule has 0 aliphatic heterocycles. The first-order valence-corrected chi connectivity index (χ1v) is 12.3. The first-order valence-electron chi connectivity index (χ1n) is 10.7. The van der Waals surface area contributed by atoms with Crippen LogP contribution in [0.5, 0.6) is 0 Å². The molecule has 146 valence electrons. The maximum atomic E-state index is 13.5. The van der Waals surface area contributed by atoms with Crippen LogP contribution < -0.4 is 0 Å². The summed E-state index contributed by atoms with van der Waals surface area (Å²) in [5.74, 6) is 3.50. The van der Waals surface area contributed by atoms with Crippen LogP contribution in [0.4, 0.5) is 0 Å². The van der Waals surface area contributed by atoms with E-state index in [-0.39, 0.29) is 11.8 Å². The van der Waals surface area contributed by atoms with Gasteiger partial charge in [0.2, 0.25) is 0 Å². The van der Waals surface area contributed by atoms with Gasteiger partial charge in [0.15, 0.2) is 11.6 Å². The van der Waals surface area contributed by atoms with E-state index in [1.807, 2.05) is 22.7 Å². The average molecular weight is 411 g/mol. The molecule has 8 unspecified atom stereocenters. The van der Waals surface area contributed by atoms with Crippen LogP contribution in [-0.2, 0) is 0 Å². The summed E-state index contributed by atoms with van der Waals surface area (Å²) in [5, 5.41) is 0. The minimum atomic E-state index is 0.118. The second-order valence-electron chi connectivity index (χ2n) is 9.86. The fourth-order valence-corrected chi connectivity index (χ4v) is 10.0. The van der Waals surface area contributed by atoms with Gasteiger partial charge in [-0.3, -0.25) is 9.59 Å². The molecule has 2 saturated carbocycles. The van der Waals surface area contributed by atoms with Gasteiger partial charge in [0.1, 0.15) is 0 Å². The predicted molar refractivity (Wildman–Crippen MR) is 114 cm³/mol. The Morgan fingerprint density at radius 2 is 1.11 bits per heavy atom. The molecule has 0 spiro atoms. The molecule has 6 rings (SSSR count). The Morgan fingerprint density at radius 3 is 1.50 bits per heavy atom. The van der Waals surface area contributed by atoms with Crippen LogP contribution in [0.2, 0.25) is 0 Å². The fourth-order valence-electron chi connectivity index (χ4n) is 7.43. The summed E-state index contributed by atoms with van der Waals surface area (Å²) >= 11 is 3.67. The molecule has 0 saturated heterocycles. The minimum Gasteiger partial charge on any atom is -0.294 e. The van der Waals surface area contributed by atoms with E-state index >= 15 is 0 Å². The summed E-state index contributed by atoms with van der Waals surface area (Å²) in [4.78, 5) is 32.1. The first-order chi connectivity index (χ1) is 13.4. The molecule has 4 aliphatic rings. The second-order valence-corrected chi connectivity index (χ2v) is 12.4. The lowest BCUT2D eigenvalue weighted by atomic mass is 9.52. The second kappa shape index (κ2) is 5.66. The van der Waals surface area contributed by atoms with Crippen molar-refractivity contribution in [3.63, 3.8) is 0 Å². The van der Waals surface area contributed by atoms with Gasteiger partial charge in [-0.1, -0.05) is 13.8 Å². The number of carbonyl (C=O) groups excluding carboxylic acids is 2. The Kier molecular flexibility index (Phi) is 3.56. The third kappa shape index (κ3) is 2.04. The summed E-state index contributed by atoms with van der Waals surface area (Å²) in [6.45, 7) is 8.90.